The van der Waals surface area contributed by atoms with Gasteiger partial charge in [-0.2, -0.15) is 0 Å². The maximum Gasteiger partial charge on any atom is 0.126 e. The first-order valence-corrected chi connectivity index (χ1v) is 7.12. The second-order valence-corrected chi connectivity index (χ2v) is 5.35. The van der Waals surface area contributed by atoms with E-state index in [9.17, 15) is 0 Å². The van der Waals surface area contributed by atoms with E-state index in [1.807, 2.05) is 0 Å². The lowest BCUT2D eigenvalue weighted by molar-refractivity contribution is 0.446. The molecule has 0 fully saturated rings. The lowest BCUT2D eigenvalue weighted by Gasteiger charge is -2.20. The van der Waals surface area contributed by atoms with Crippen LogP contribution in [-0.4, -0.2) is 9.55 Å². The Labute approximate surface area is 114 Å². The van der Waals surface area contributed by atoms with Crippen LogP contribution in [0, 0.1) is 6.92 Å². The van der Waals surface area contributed by atoms with E-state index in [1.165, 1.54) is 16.8 Å². The Hall–Kier alpha value is -1.61. The van der Waals surface area contributed by atoms with Crippen molar-refractivity contribution in [2.75, 3.05) is 0 Å². The molecule has 1 atom stereocenters. The number of nitrogens with two attached hydrogens (primary N) is 1. The number of aromatic nitrogens is 2. The SMILES string of the molecule is CCc1ccc(-c2nc3n(c2C)CCCC3N)cc1. The zero-order valence-electron chi connectivity index (χ0n) is 11.7. The molecule has 0 aliphatic carbocycles. The molecule has 1 aromatic heterocycles. The lowest BCUT2D eigenvalue weighted by atomic mass is 10.1. The lowest BCUT2D eigenvalue weighted by Crippen LogP contribution is -2.22. The highest BCUT2D eigenvalue weighted by Gasteiger charge is 2.23. The molecule has 0 saturated carbocycles. The fourth-order valence-corrected chi connectivity index (χ4v) is 2.89. The van der Waals surface area contributed by atoms with Gasteiger partial charge in [0, 0.05) is 17.8 Å². The van der Waals surface area contributed by atoms with Crippen molar-refractivity contribution in [2.24, 2.45) is 5.73 Å². The number of benzene rings is 1. The zero-order chi connectivity index (χ0) is 13.4. The molecule has 3 rings (SSSR count). The Kier molecular flexibility index (Phi) is 3.15. The van der Waals surface area contributed by atoms with E-state index in [2.05, 4.69) is 42.7 Å². The summed E-state index contributed by atoms with van der Waals surface area (Å²) in [5.74, 6) is 1.05. The standard InChI is InChI=1S/C16H21N3/c1-3-12-6-8-13(9-7-12)15-11(2)19-10-4-5-14(17)16(19)18-15/h6-9,14H,3-5,10,17H2,1-2H3. The maximum absolute atomic E-state index is 6.17. The molecule has 2 N–H and O–H groups in total. The number of hydrogen-bond donors (Lipinski definition) is 1. The molecule has 2 aromatic rings. The fourth-order valence-electron chi connectivity index (χ4n) is 2.89. The normalized spacial score (nSPS) is 18.4. The summed E-state index contributed by atoms with van der Waals surface area (Å²) in [6, 6.07) is 8.81. The third kappa shape index (κ3) is 2.08. The quantitative estimate of drug-likeness (QED) is 0.895. The van der Waals surface area contributed by atoms with Crippen LogP contribution in [0.25, 0.3) is 11.3 Å². The highest BCUT2D eigenvalue weighted by Crippen LogP contribution is 2.30. The van der Waals surface area contributed by atoms with E-state index in [0.717, 1.165) is 37.3 Å². The van der Waals surface area contributed by atoms with Crippen molar-refractivity contribution in [3.63, 3.8) is 0 Å². The first-order valence-electron chi connectivity index (χ1n) is 7.12. The van der Waals surface area contributed by atoms with Gasteiger partial charge in [-0.25, -0.2) is 4.98 Å². The van der Waals surface area contributed by atoms with Gasteiger partial charge in [0.15, 0.2) is 0 Å². The van der Waals surface area contributed by atoms with Crippen molar-refractivity contribution < 1.29 is 0 Å². The zero-order valence-corrected chi connectivity index (χ0v) is 11.7. The van der Waals surface area contributed by atoms with E-state index in [4.69, 9.17) is 10.7 Å². The molecule has 0 saturated heterocycles. The molecular weight excluding hydrogens is 234 g/mol. The molecule has 1 aromatic carbocycles. The van der Waals surface area contributed by atoms with Crippen molar-refractivity contribution in [1.82, 2.24) is 9.55 Å². The number of fused-ring (bicyclic) bond motifs is 1. The summed E-state index contributed by atoms with van der Waals surface area (Å²) in [5.41, 5.74) is 11.1. The summed E-state index contributed by atoms with van der Waals surface area (Å²) in [6.07, 6.45) is 3.27. The smallest absolute Gasteiger partial charge is 0.126 e. The van der Waals surface area contributed by atoms with Crippen LogP contribution in [0.15, 0.2) is 24.3 Å². The van der Waals surface area contributed by atoms with Gasteiger partial charge in [0.1, 0.15) is 5.82 Å². The Balaban J connectivity index is 2.05. The highest BCUT2D eigenvalue weighted by atomic mass is 15.1. The van der Waals surface area contributed by atoms with Gasteiger partial charge < -0.3 is 10.3 Å². The molecule has 1 aliphatic heterocycles. The Morgan fingerprint density at radius 1 is 1.32 bits per heavy atom. The topological polar surface area (TPSA) is 43.8 Å². The molecule has 0 spiro atoms. The summed E-state index contributed by atoms with van der Waals surface area (Å²) in [6.45, 7) is 5.38. The molecule has 1 unspecified atom stereocenters. The Morgan fingerprint density at radius 2 is 2.05 bits per heavy atom. The Bertz CT molecular complexity index is 581. The molecule has 2 heterocycles. The van der Waals surface area contributed by atoms with Gasteiger partial charge in [0.05, 0.1) is 11.7 Å². The minimum atomic E-state index is 0.0936. The van der Waals surface area contributed by atoms with Crippen LogP contribution in [0.2, 0.25) is 0 Å². The van der Waals surface area contributed by atoms with Crippen molar-refractivity contribution >= 4 is 0 Å². The largest absolute Gasteiger partial charge is 0.330 e. The third-order valence-electron chi connectivity index (χ3n) is 4.11. The number of aryl methyl sites for hydroxylation is 1. The molecule has 0 radical (unpaired) electrons. The number of hydrogen-bond acceptors (Lipinski definition) is 2. The molecule has 0 bridgehead atoms. The van der Waals surface area contributed by atoms with Crippen molar-refractivity contribution in [2.45, 2.75) is 45.7 Å². The summed E-state index contributed by atoms with van der Waals surface area (Å²) >= 11 is 0. The van der Waals surface area contributed by atoms with E-state index in [-0.39, 0.29) is 6.04 Å². The Morgan fingerprint density at radius 3 is 2.68 bits per heavy atom. The molecule has 1 aliphatic rings. The number of nitrogens with zero attached hydrogens (tertiary/aromatic N) is 2. The molecule has 3 heteroatoms. The van der Waals surface area contributed by atoms with Crippen molar-refractivity contribution in [3.05, 3.63) is 41.3 Å². The van der Waals surface area contributed by atoms with E-state index in [1.54, 1.807) is 0 Å². The highest BCUT2D eigenvalue weighted by molar-refractivity contribution is 5.62. The van der Waals surface area contributed by atoms with Gasteiger partial charge in [-0.3, -0.25) is 0 Å². The minimum Gasteiger partial charge on any atom is -0.330 e. The second-order valence-electron chi connectivity index (χ2n) is 5.35. The average Bonchev–Trinajstić information content (AvgIpc) is 2.78. The molecular formula is C16H21N3. The summed E-state index contributed by atoms with van der Waals surface area (Å²) < 4.78 is 2.29. The van der Waals surface area contributed by atoms with Crippen LogP contribution in [0.3, 0.4) is 0 Å². The van der Waals surface area contributed by atoms with Crippen LogP contribution in [-0.2, 0) is 13.0 Å². The number of rotatable bonds is 2. The van der Waals surface area contributed by atoms with Gasteiger partial charge in [-0.15, -0.1) is 0 Å². The second kappa shape index (κ2) is 4.82. The van der Waals surface area contributed by atoms with Crippen molar-refractivity contribution in [3.8, 4) is 11.3 Å². The fraction of sp³-hybridized carbons (Fsp3) is 0.438. The molecule has 19 heavy (non-hydrogen) atoms. The average molecular weight is 255 g/mol. The molecule has 3 nitrogen and oxygen atoms in total. The summed E-state index contributed by atoms with van der Waals surface area (Å²) in [4.78, 5) is 4.80. The van der Waals surface area contributed by atoms with Gasteiger partial charge in [0.25, 0.3) is 0 Å². The first kappa shape index (κ1) is 12.4. The van der Waals surface area contributed by atoms with Gasteiger partial charge in [0.2, 0.25) is 0 Å². The van der Waals surface area contributed by atoms with Crippen LogP contribution in [0.1, 0.15) is 42.9 Å². The van der Waals surface area contributed by atoms with Crippen LogP contribution < -0.4 is 5.73 Å². The van der Waals surface area contributed by atoms with Gasteiger partial charge in [-0.1, -0.05) is 31.2 Å². The van der Waals surface area contributed by atoms with E-state index in [0.29, 0.717) is 0 Å². The summed E-state index contributed by atoms with van der Waals surface area (Å²) in [5, 5.41) is 0. The third-order valence-corrected chi connectivity index (χ3v) is 4.11. The number of imidazole rings is 1. The summed E-state index contributed by atoms with van der Waals surface area (Å²) in [7, 11) is 0. The van der Waals surface area contributed by atoms with Gasteiger partial charge >= 0.3 is 0 Å². The predicted molar refractivity (Wildman–Crippen MR) is 77.9 cm³/mol. The van der Waals surface area contributed by atoms with Crippen LogP contribution in [0.5, 0.6) is 0 Å². The maximum atomic E-state index is 6.17. The molecule has 100 valence electrons. The van der Waals surface area contributed by atoms with Crippen LogP contribution >= 0.6 is 0 Å². The minimum absolute atomic E-state index is 0.0936. The molecule has 0 amide bonds. The van der Waals surface area contributed by atoms with Crippen molar-refractivity contribution in [1.29, 1.82) is 0 Å². The predicted octanol–water partition coefficient (Wildman–Crippen LogP) is 3.21. The van der Waals surface area contributed by atoms with Crippen LogP contribution in [0.4, 0.5) is 0 Å². The monoisotopic (exact) mass is 255 g/mol. The van der Waals surface area contributed by atoms with E-state index < -0.39 is 0 Å². The van der Waals surface area contributed by atoms with Gasteiger partial charge in [-0.05, 0) is 31.7 Å². The van der Waals surface area contributed by atoms with E-state index >= 15 is 0 Å². The first-order chi connectivity index (χ1) is 9.20.